The molecule has 1 aromatic heterocycles. The van der Waals surface area contributed by atoms with Crippen LogP contribution in [0.4, 0.5) is 0 Å². The summed E-state index contributed by atoms with van der Waals surface area (Å²) >= 11 is 0. The Morgan fingerprint density at radius 3 is 2.78 bits per heavy atom. The standard InChI is InChI=1S/C16H19NO/c1-12(18)9-14-11-17(10-13-5-4-6-13)16-8-3-2-7-15(14)16/h2-3,7-8,11,13H,4-6,9-10H2,1H3. The van der Waals surface area contributed by atoms with E-state index in [0.29, 0.717) is 6.42 Å². The second-order valence-electron chi connectivity index (χ2n) is 5.50. The molecule has 1 fully saturated rings. The van der Waals surface area contributed by atoms with Crippen LogP contribution in [-0.4, -0.2) is 10.4 Å². The van der Waals surface area contributed by atoms with Gasteiger partial charge in [-0.05, 0) is 37.3 Å². The van der Waals surface area contributed by atoms with Crippen molar-refractivity contribution >= 4 is 16.7 Å². The third-order valence-electron chi connectivity index (χ3n) is 3.99. The van der Waals surface area contributed by atoms with Gasteiger partial charge in [0.1, 0.15) is 5.78 Å². The lowest BCUT2D eigenvalue weighted by atomic mass is 9.85. The monoisotopic (exact) mass is 241 g/mol. The fourth-order valence-corrected chi connectivity index (χ4v) is 2.84. The Kier molecular flexibility index (Phi) is 2.94. The molecule has 1 heterocycles. The Morgan fingerprint density at radius 1 is 1.33 bits per heavy atom. The zero-order valence-corrected chi connectivity index (χ0v) is 10.9. The first kappa shape index (κ1) is 11.5. The van der Waals surface area contributed by atoms with E-state index in [-0.39, 0.29) is 5.78 Å². The molecule has 1 aliphatic carbocycles. The van der Waals surface area contributed by atoms with Gasteiger partial charge in [-0.2, -0.15) is 0 Å². The molecule has 0 spiro atoms. The number of carbonyl (C=O) groups excluding carboxylic acids is 1. The van der Waals surface area contributed by atoms with E-state index in [0.717, 1.165) is 12.5 Å². The first-order valence-electron chi connectivity index (χ1n) is 6.80. The van der Waals surface area contributed by atoms with Crippen molar-refractivity contribution in [2.24, 2.45) is 5.92 Å². The van der Waals surface area contributed by atoms with Crippen molar-refractivity contribution in [3.63, 3.8) is 0 Å². The van der Waals surface area contributed by atoms with Gasteiger partial charge in [-0.1, -0.05) is 24.6 Å². The molecule has 0 radical (unpaired) electrons. The second-order valence-corrected chi connectivity index (χ2v) is 5.50. The highest BCUT2D eigenvalue weighted by molar-refractivity contribution is 5.89. The van der Waals surface area contributed by atoms with Crippen LogP contribution < -0.4 is 0 Å². The van der Waals surface area contributed by atoms with Crippen LogP contribution in [0.25, 0.3) is 10.9 Å². The lowest BCUT2D eigenvalue weighted by molar-refractivity contribution is -0.116. The van der Waals surface area contributed by atoms with Crippen molar-refractivity contribution in [2.45, 2.75) is 39.2 Å². The van der Waals surface area contributed by atoms with Crippen LogP contribution in [0.1, 0.15) is 31.7 Å². The Balaban J connectivity index is 1.99. The van der Waals surface area contributed by atoms with Gasteiger partial charge in [-0.15, -0.1) is 0 Å². The molecule has 0 saturated heterocycles. The number of hydrogen-bond acceptors (Lipinski definition) is 1. The normalized spacial score (nSPS) is 15.8. The van der Waals surface area contributed by atoms with Gasteiger partial charge in [0.2, 0.25) is 0 Å². The first-order valence-corrected chi connectivity index (χ1v) is 6.80. The summed E-state index contributed by atoms with van der Waals surface area (Å²) < 4.78 is 2.34. The second kappa shape index (κ2) is 4.60. The van der Waals surface area contributed by atoms with E-state index in [2.05, 4.69) is 35.0 Å². The quantitative estimate of drug-likeness (QED) is 0.802. The summed E-state index contributed by atoms with van der Waals surface area (Å²) in [7, 11) is 0. The van der Waals surface area contributed by atoms with Gasteiger partial charge in [0.15, 0.2) is 0 Å². The molecule has 2 nitrogen and oxygen atoms in total. The molecule has 0 N–H and O–H groups in total. The molecule has 0 amide bonds. The van der Waals surface area contributed by atoms with Gasteiger partial charge < -0.3 is 4.57 Å². The van der Waals surface area contributed by atoms with E-state index in [1.165, 1.54) is 35.7 Å². The predicted molar refractivity (Wildman–Crippen MR) is 73.7 cm³/mol. The van der Waals surface area contributed by atoms with Crippen LogP contribution in [0.3, 0.4) is 0 Å². The molecule has 0 atom stereocenters. The highest BCUT2D eigenvalue weighted by Crippen LogP contribution is 2.30. The third-order valence-corrected chi connectivity index (χ3v) is 3.99. The fourth-order valence-electron chi connectivity index (χ4n) is 2.84. The lowest BCUT2D eigenvalue weighted by Crippen LogP contribution is -2.17. The topological polar surface area (TPSA) is 22.0 Å². The van der Waals surface area contributed by atoms with Gasteiger partial charge >= 0.3 is 0 Å². The van der Waals surface area contributed by atoms with Crippen LogP contribution in [0, 0.1) is 5.92 Å². The Morgan fingerprint density at radius 2 is 2.11 bits per heavy atom. The average Bonchev–Trinajstić information content (AvgIpc) is 2.62. The molecule has 0 aliphatic heterocycles. The van der Waals surface area contributed by atoms with E-state index in [4.69, 9.17) is 0 Å². The van der Waals surface area contributed by atoms with Crippen molar-refractivity contribution < 1.29 is 4.79 Å². The summed E-state index contributed by atoms with van der Waals surface area (Å²) in [5.74, 6) is 1.08. The SMILES string of the molecule is CC(=O)Cc1cn(CC2CCC2)c2ccccc12. The van der Waals surface area contributed by atoms with E-state index in [1.54, 1.807) is 6.92 Å². The fraction of sp³-hybridized carbons (Fsp3) is 0.438. The summed E-state index contributed by atoms with van der Waals surface area (Å²) in [6.45, 7) is 2.77. The smallest absolute Gasteiger partial charge is 0.134 e. The molecular formula is C16H19NO. The summed E-state index contributed by atoms with van der Waals surface area (Å²) in [4.78, 5) is 11.3. The molecule has 0 bridgehead atoms. The largest absolute Gasteiger partial charge is 0.347 e. The number of aromatic nitrogens is 1. The molecular weight excluding hydrogens is 222 g/mol. The summed E-state index contributed by atoms with van der Waals surface area (Å²) in [5.41, 5.74) is 2.46. The molecule has 1 saturated carbocycles. The van der Waals surface area contributed by atoms with Crippen LogP contribution >= 0.6 is 0 Å². The van der Waals surface area contributed by atoms with Crippen molar-refractivity contribution in [1.82, 2.24) is 4.57 Å². The number of benzene rings is 1. The van der Waals surface area contributed by atoms with Gasteiger partial charge in [0, 0.05) is 30.1 Å². The molecule has 94 valence electrons. The number of nitrogens with zero attached hydrogens (tertiary/aromatic N) is 1. The predicted octanol–water partition coefficient (Wildman–Crippen LogP) is 3.57. The van der Waals surface area contributed by atoms with Crippen LogP contribution in [0.2, 0.25) is 0 Å². The van der Waals surface area contributed by atoms with Crippen molar-refractivity contribution in [1.29, 1.82) is 0 Å². The first-order chi connectivity index (χ1) is 8.74. The van der Waals surface area contributed by atoms with E-state index >= 15 is 0 Å². The summed E-state index contributed by atoms with van der Waals surface area (Å²) in [6.07, 6.45) is 6.83. The van der Waals surface area contributed by atoms with Crippen molar-refractivity contribution in [3.05, 3.63) is 36.0 Å². The minimum absolute atomic E-state index is 0.238. The zero-order valence-electron chi connectivity index (χ0n) is 10.9. The summed E-state index contributed by atoms with van der Waals surface area (Å²) in [6, 6.07) is 8.43. The molecule has 1 aliphatic rings. The molecule has 1 aromatic carbocycles. The Hall–Kier alpha value is -1.57. The van der Waals surface area contributed by atoms with Crippen LogP contribution in [0.5, 0.6) is 0 Å². The highest BCUT2D eigenvalue weighted by Gasteiger charge is 2.19. The van der Waals surface area contributed by atoms with E-state index in [1.807, 2.05) is 0 Å². The maximum absolute atomic E-state index is 11.3. The number of para-hydroxylation sites is 1. The van der Waals surface area contributed by atoms with Crippen molar-refractivity contribution in [2.75, 3.05) is 0 Å². The number of hydrogen-bond donors (Lipinski definition) is 0. The molecule has 2 aromatic rings. The average molecular weight is 241 g/mol. The van der Waals surface area contributed by atoms with Gasteiger partial charge in [0.05, 0.1) is 0 Å². The third kappa shape index (κ3) is 2.07. The van der Waals surface area contributed by atoms with Gasteiger partial charge in [0.25, 0.3) is 0 Å². The minimum Gasteiger partial charge on any atom is -0.347 e. The summed E-state index contributed by atoms with van der Waals surface area (Å²) in [5, 5.41) is 1.24. The lowest BCUT2D eigenvalue weighted by Gasteiger charge is -2.26. The number of carbonyl (C=O) groups is 1. The number of rotatable bonds is 4. The molecule has 3 rings (SSSR count). The van der Waals surface area contributed by atoms with Gasteiger partial charge in [-0.3, -0.25) is 4.79 Å². The molecule has 2 heteroatoms. The molecule has 18 heavy (non-hydrogen) atoms. The van der Waals surface area contributed by atoms with Crippen LogP contribution in [0.15, 0.2) is 30.5 Å². The number of ketones is 1. The maximum Gasteiger partial charge on any atom is 0.134 e. The number of Topliss-reactive ketones (excluding diaryl/α,β-unsaturated/α-hetero) is 1. The molecule has 0 unspecified atom stereocenters. The van der Waals surface area contributed by atoms with Crippen LogP contribution in [-0.2, 0) is 17.8 Å². The van der Waals surface area contributed by atoms with Crippen molar-refractivity contribution in [3.8, 4) is 0 Å². The highest BCUT2D eigenvalue weighted by atomic mass is 16.1. The van der Waals surface area contributed by atoms with E-state index in [9.17, 15) is 4.79 Å². The van der Waals surface area contributed by atoms with Gasteiger partial charge in [-0.25, -0.2) is 0 Å². The Bertz CT molecular complexity index is 578. The zero-order chi connectivity index (χ0) is 12.5. The minimum atomic E-state index is 0.238. The number of fused-ring (bicyclic) bond motifs is 1. The maximum atomic E-state index is 11.3. The Labute approximate surface area is 108 Å². The van der Waals surface area contributed by atoms with E-state index < -0.39 is 0 Å².